The van der Waals surface area contributed by atoms with Gasteiger partial charge in [0, 0.05) is 11.4 Å². The zero-order valence-corrected chi connectivity index (χ0v) is 5.69. The molecule has 0 aliphatic heterocycles. The summed E-state index contributed by atoms with van der Waals surface area (Å²) < 4.78 is 0. The predicted octanol–water partition coefficient (Wildman–Crippen LogP) is 1.50. The summed E-state index contributed by atoms with van der Waals surface area (Å²) in [6, 6.07) is 0.269. The molecule has 2 unspecified atom stereocenters. The Bertz CT molecular complexity index is 64.9. The van der Waals surface area contributed by atoms with Crippen LogP contribution in [-0.4, -0.2) is 11.4 Å². The Hall–Kier alpha value is 0.250. The van der Waals surface area contributed by atoms with Gasteiger partial charge in [0.25, 0.3) is 0 Å². The van der Waals surface area contributed by atoms with E-state index in [0.717, 1.165) is 12.8 Å². The Morgan fingerprint density at radius 3 is 2.25 bits per heavy atom. The lowest BCUT2D eigenvalue weighted by Gasteiger charge is -2.22. The minimum absolute atomic E-state index is 0.253. The van der Waals surface area contributed by atoms with Gasteiger partial charge in [-0.1, -0.05) is 12.8 Å². The average Bonchev–Trinajstić information content (AvgIpc) is 1.77. The second-order valence-corrected chi connectivity index (χ2v) is 3.02. The molecule has 0 saturated heterocycles. The zero-order chi connectivity index (χ0) is 5.98. The van der Waals surface area contributed by atoms with Crippen LogP contribution in [-0.2, 0) is 0 Å². The third kappa shape index (κ3) is 1.36. The van der Waals surface area contributed by atoms with Gasteiger partial charge in [-0.05, 0) is 12.8 Å². The Balaban J connectivity index is 2.28. The summed E-state index contributed by atoms with van der Waals surface area (Å²) >= 11 is 5.84. The highest BCUT2D eigenvalue weighted by molar-refractivity contribution is 6.21. The topological polar surface area (TPSA) is 26.0 Å². The molecule has 1 nitrogen and oxygen atoms in total. The fourth-order valence-corrected chi connectivity index (χ4v) is 1.39. The van der Waals surface area contributed by atoms with E-state index in [2.05, 4.69) is 0 Å². The Labute approximate surface area is 55.2 Å². The summed E-state index contributed by atoms with van der Waals surface area (Å²) in [5.74, 6) is 0. The van der Waals surface area contributed by atoms with Gasteiger partial charge in [0.2, 0.25) is 0 Å². The van der Waals surface area contributed by atoms with Crippen molar-refractivity contribution in [3.05, 3.63) is 0 Å². The fraction of sp³-hybridized carbons (Fsp3) is 1.00. The molecule has 1 fully saturated rings. The lowest BCUT2D eigenvalue weighted by atomic mass is 9.96. The molecule has 0 radical (unpaired) electrons. The van der Waals surface area contributed by atoms with Gasteiger partial charge < -0.3 is 5.73 Å². The summed E-state index contributed by atoms with van der Waals surface area (Å²) in [6.07, 6.45) is 4.77. The van der Waals surface area contributed by atoms with Crippen LogP contribution in [0.15, 0.2) is 0 Å². The quantitative estimate of drug-likeness (QED) is 0.498. The fourth-order valence-electron chi connectivity index (χ4n) is 1.11. The number of hydrogen-bond acceptors (Lipinski definition) is 1. The molecule has 0 aromatic carbocycles. The van der Waals surface area contributed by atoms with Crippen LogP contribution in [0, 0.1) is 0 Å². The second kappa shape index (κ2) is 2.70. The van der Waals surface area contributed by atoms with E-state index in [1.165, 1.54) is 12.8 Å². The largest absolute Gasteiger partial charge is 0.326 e. The van der Waals surface area contributed by atoms with E-state index in [1.807, 2.05) is 0 Å². The predicted molar refractivity (Wildman–Crippen MR) is 36.1 cm³/mol. The van der Waals surface area contributed by atoms with E-state index in [4.69, 9.17) is 17.3 Å². The van der Waals surface area contributed by atoms with E-state index in [1.54, 1.807) is 0 Å². The van der Waals surface area contributed by atoms with Crippen molar-refractivity contribution in [3.63, 3.8) is 0 Å². The number of nitrogens with two attached hydrogens (primary N) is 1. The molecule has 1 rings (SSSR count). The van der Waals surface area contributed by atoms with E-state index < -0.39 is 0 Å². The third-order valence-corrected chi connectivity index (χ3v) is 2.27. The van der Waals surface area contributed by atoms with Crippen LogP contribution in [0.3, 0.4) is 0 Å². The Morgan fingerprint density at radius 1 is 1.25 bits per heavy atom. The van der Waals surface area contributed by atoms with Gasteiger partial charge in [-0.15, -0.1) is 11.6 Å². The van der Waals surface area contributed by atoms with Gasteiger partial charge in [-0.2, -0.15) is 0 Å². The van der Waals surface area contributed by atoms with Crippen molar-refractivity contribution in [1.29, 1.82) is 0 Å². The maximum atomic E-state index is 5.84. The first kappa shape index (κ1) is 6.37. The molecular weight excluding hydrogens is 122 g/mol. The molecule has 0 spiro atoms. The zero-order valence-electron chi connectivity index (χ0n) is 4.94. The summed E-state index contributed by atoms with van der Waals surface area (Å²) in [5, 5.41) is 0.253. The molecule has 8 heavy (non-hydrogen) atoms. The van der Waals surface area contributed by atoms with E-state index >= 15 is 0 Å². The number of halogens is 1. The maximum absolute atomic E-state index is 5.84. The smallest absolute Gasteiger partial charge is 0.0487 e. The van der Waals surface area contributed by atoms with Crippen molar-refractivity contribution in [2.45, 2.75) is 37.1 Å². The highest BCUT2D eigenvalue weighted by Gasteiger charge is 2.18. The van der Waals surface area contributed by atoms with E-state index in [0.29, 0.717) is 0 Å². The van der Waals surface area contributed by atoms with Crippen LogP contribution in [0.4, 0.5) is 0 Å². The molecule has 1 aliphatic carbocycles. The van der Waals surface area contributed by atoms with Crippen LogP contribution < -0.4 is 5.73 Å². The summed E-state index contributed by atoms with van der Waals surface area (Å²) in [4.78, 5) is 0. The van der Waals surface area contributed by atoms with Gasteiger partial charge in [0.05, 0.1) is 0 Å². The molecule has 2 N–H and O–H groups in total. The van der Waals surface area contributed by atoms with Crippen molar-refractivity contribution in [2.75, 3.05) is 0 Å². The molecule has 0 aromatic heterocycles. The van der Waals surface area contributed by atoms with Gasteiger partial charge in [-0.25, -0.2) is 0 Å². The highest BCUT2D eigenvalue weighted by Crippen LogP contribution is 2.20. The van der Waals surface area contributed by atoms with Gasteiger partial charge in [0.1, 0.15) is 0 Å². The third-order valence-electron chi connectivity index (χ3n) is 1.73. The SMILES string of the molecule is NC1CCCCC1Cl. The average molecular weight is 134 g/mol. The molecule has 2 atom stereocenters. The molecular formula is C6H12ClN. The number of rotatable bonds is 0. The monoisotopic (exact) mass is 133 g/mol. The summed E-state index contributed by atoms with van der Waals surface area (Å²) in [5.41, 5.74) is 5.65. The first-order valence-corrected chi connectivity index (χ1v) is 3.64. The molecule has 1 aliphatic rings. The highest BCUT2D eigenvalue weighted by atomic mass is 35.5. The Kier molecular flexibility index (Phi) is 2.15. The van der Waals surface area contributed by atoms with E-state index in [-0.39, 0.29) is 11.4 Å². The lowest BCUT2D eigenvalue weighted by molar-refractivity contribution is 0.448. The van der Waals surface area contributed by atoms with Crippen LogP contribution in [0.25, 0.3) is 0 Å². The molecule has 0 amide bonds. The first-order valence-electron chi connectivity index (χ1n) is 3.20. The molecule has 0 bridgehead atoms. The minimum atomic E-state index is 0.253. The van der Waals surface area contributed by atoms with Crippen molar-refractivity contribution >= 4 is 11.6 Å². The normalized spacial score (nSPS) is 39.8. The van der Waals surface area contributed by atoms with Gasteiger partial charge in [0.15, 0.2) is 0 Å². The molecule has 2 heteroatoms. The number of hydrogen-bond donors (Lipinski definition) is 1. The van der Waals surface area contributed by atoms with Crippen LogP contribution in [0.1, 0.15) is 25.7 Å². The van der Waals surface area contributed by atoms with Crippen LogP contribution >= 0.6 is 11.6 Å². The standard InChI is InChI=1S/C6H12ClN/c7-5-3-1-2-4-6(5)8/h5-6H,1-4,8H2. The molecule has 0 aromatic rings. The lowest BCUT2D eigenvalue weighted by Crippen LogP contribution is -2.33. The second-order valence-electron chi connectivity index (χ2n) is 2.46. The first-order chi connectivity index (χ1) is 3.80. The number of alkyl halides is 1. The Morgan fingerprint density at radius 2 is 1.88 bits per heavy atom. The van der Waals surface area contributed by atoms with Crippen LogP contribution in [0.5, 0.6) is 0 Å². The minimum Gasteiger partial charge on any atom is -0.326 e. The molecule has 1 saturated carbocycles. The van der Waals surface area contributed by atoms with Crippen molar-refractivity contribution in [3.8, 4) is 0 Å². The summed E-state index contributed by atoms with van der Waals surface area (Å²) in [7, 11) is 0. The van der Waals surface area contributed by atoms with Gasteiger partial charge in [-0.3, -0.25) is 0 Å². The van der Waals surface area contributed by atoms with Gasteiger partial charge >= 0.3 is 0 Å². The molecule has 48 valence electrons. The van der Waals surface area contributed by atoms with Crippen molar-refractivity contribution < 1.29 is 0 Å². The van der Waals surface area contributed by atoms with Crippen molar-refractivity contribution in [1.82, 2.24) is 0 Å². The van der Waals surface area contributed by atoms with Crippen LogP contribution in [0.2, 0.25) is 0 Å². The van der Waals surface area contributed by atoms with E-state index in [9.17, 15) is 0 Å². The molecule has 0 heterocycles. The maximum Gasteiger partial charge on any atom is 0.0487 e. The summed E-state index contributed by atoms with van der Waals surface area (Å²) in [6.45, 7) is 0. The van der Waals surface area contributed by atoms with Crippen molar-refractivity contribution in [2.24, 2.45) is 5.73 Å².